The Morgan fingerprint density at radius 1 is 0.725 bits per heavy atom. The summed E-state index contributed by atoms with van der Waals surface area (Å²) in [7, 11) is -0.344. The van der Waals surface area contributed by atoms with Crippen molar-refractivity contribution in [3.63, 3.8) is 0 Å². The van der Waals surface area contributed by atoms with Crippen LogP contribution in [-0.4, -0.2) is 52.5 Å². The van der Waals surface area contributed by atoms with Gasteiger partial charge in [-0.15, -0.1) is 0 Å². The highest BCUT2D eigenvalue weighted by Crippen LogP contribution is 2.39. The van der Waals surface area contributed by atoms with Gasteiger partial charge in [-0.1, -0.05) is 72.8 Å². The Morgan fingerprint density at radius 2 is 1.18 bits per heavy atom. The lowest BCUT2D eigenvalue weighted by Gasteiger charge is -2.33. The van der Waals surface area contributed by atoms with Crippen LogP contribution in [0.15, 0.2) is 84.9 Å². The molecule has 0 N–H and O–H groups in total. The fourth-order valence-corrected chi connectivity index (χ4v) is 5.61. The van der Waals surface area contributed by atoms with Gasteiger partial charge in [-0.3, -0.25) is 19.4 Å². The Morgan fingerprint density at radius 3 is 1.65 bits per heavy atom. The third kappa shape index (κ3) is 6.07. The Kier molecular flexibility index (Phi) is 8.27. The molecule has 2 heterocycles. The first kappa shape index (κ1) is 28.3. The molecular weight excluding hydrogens is 499 g/mol. The van der Waals surface area contributed by atoms with Crippen LogP contribution >= 0.6 is 0 Å². The van der Waals surface area contributed by atoms with Crippen molar-refractivity contribution in [3.05, 3.63) is 107 Å². The number of amides is 2. The number of imide groups is 1. The number of benzene rings is 3. The zero-order valence-electron chi connectivity index (χ0n) is 24.0. The first-order valence-corrected chi connectivity index (χ1v) is 14.3. The fourth-order valence-electron chi connectivity index (χ4n) is 5.61. The van der Waals surface area contributed by atoms with E-state index in [0.29, 0.717) is 30.4 Å². The zero-order valence-corrected chi connectivity index (χ0v) is 24.0. The van der Waals surface area contributed by atoms with E-state index in [1.54, 1.807) is 24.3 Å². The average molecular weight is 538 g/mol. The number of hydrogen-bond acceptors (Lipinski definition) is 5. The van der Waals surface area contributed by atoms with E-state index in [-0.39, 0.29) is 25.0 Å². The second-order valence-corrected chi connectivity index (χ2v) is 11.9. The van der Waals surface area contributed by atoms with Crippen LogP contribution in [0.2, 0.25) is 6.32 Å². The molecular formula is C33H39BN2O4. The van der Waals surface area contributed by atoms with Crippen molar-refractivity contribution in [1.82, 2.24) is 9.80 Å². The minimum Gasteiger partial charge on any atom is -0.403 e. The minimum atomic E-state index is -0.411. The number of hydrogen-bond donors (Lipinski definition) is 0. The summed E-state index contributed by atoms with van der Waals surface area (Å²) < 4.78 is 12.9. The Labute approximate surface area is 238 Å². The molecule has 0 bridgehead atoms. The maximum Gasteiger partial charge on any atom is 0.459 e. The third-order valence-corrected chi connectivity index (χ3v) is 8.54. The van der Waals surface area contributed by atoms with Crippen LogP contribution < -0.4 is 0 Å². The molecule has 1 saturated heterocycles. The van der Waals surface area contributed by atoms with E-state index in [1.807, 2.05) is 12.1 Å². The maximum atomic E-state index is 13.0. The molecule has 6 nitrogen and oxygen atoms in total. The minimum absolute atomic E-state index is 0.102. The summed E-state index contributed by atoms with van der Waals surface area (Å²) in [4.78, 5) is 29.8. The lowest BCUT2D eigenvalue weighted by atomic mass is 9.78. The lowest BCUT2D eigenvalue weighted by molar-refractivity contribution is 0.00578. The SMILES string of the molecule is CC1(C)OB(CC(CCCN2C(=O)c3ccccc3C2=O)N(Cc2ccccc2)Cc2ccccc2)OC1(C)C. The van der Waals surface area contributed by atoms with Gasteiger partial charge in [0.2, 0.25) is 0 Å². The second-order valence-electron chi connectivity index (χ2n) is 11.9. The van der Waals surface area contributed by atoms with Crippen molar-refractivity contribution in [2.45, 2.75) is 77.2 Å². The number of carbonyl (C=O) groups excluding carboxylic acids is 2. The van der Waals surface area contributed by atoms with Crippen LogP contribution in [0.3, 0.4) is 0 Å². The van der Waals surface area contributed by atoms with Gasteiger partial charge in [0.25, 0.3) is 11.8 Å². The summed E-state index contributed by atoms with van der Waals surface area (Å²) in [5, 5.41) is 0. The molecule has 1 atom stereocenters. The van der Waals surface area contributed by atoms with Crippen LogP contribution in [0, 0.1) is 0 Å². The number of rotatable bonds is 11. The molecule has 0 aliphatic carbocycles. The molecule has 0 aromatic heterocycles. The molecule has 208 valence electrons. The van der Waals surface area contributed by atoms with Crippen molar-refractivity contribution in [2.75, 3.05) is 6.54 Å². The first-order chi connectivity index (χ1) is 19.1. The first-order valence-electron chi connectivity index (χ1n) is 14.3. The molecule has 40 heavy (non-hydrogen) atoms. The molecule has 2 amide bonds. The van der Waals surface area contributed by atoms with Crippen LogP contribution in [0.25, 0.3) is 0 Å². The van der Waals surface area contributed by atoms with Crippen molar-refractivity contribution in [3.8, 4) is 0 Å². The lowest BCUT2D eigenvalue weighted by Crippen LogP contribution is -2.41. The zero-order chi connectivity index (χ0) is 28.3. The molecule has 1 unspecified atom stereocenters. The second kappa shape index (κ2) is 11.7. The van der Waals surface area contributed by atoms with Gasteiger partial charge in [0.05, 0.1) is 22.3 Å². The summed E-state index contributed by atoms with van der Waals surface area (Å²) in [6.45, 7) is 10.2. The Bertz CT molecular complexity index is 1240. The molecule has 2 aliphatic heterocycles. The van der Waals surface area contributed by atoms with Gasteiger partial charge in [-0.05, 0) is 70.1 Å². The molecule has 3 aromatic rings. The summed E-state index contributed by atoms with van der Waals surface area (Å²) in [6, 6.07) is 28.2. The number of carbonyl (C=O) groups is 2. The van der Waals surface area contributed by atoms with Crippen molar-refractivity contribution >= 4 is 18.9 Å². The highest BCUT2D eigenvalue weighted by molar-refractivity contribution is 6.45. The molecule has 3 aromatic carbocycles. The van der Waals surface area contributed by atoms with Gasteiger partial charge in [-0.25, -0.2) is 0 Å². The molecule has 7 heteroatoms. The van der Waals surface area contributed by atoms with Gasteiger partial charge >= 0.3 is 7.12 Å². The van der Waals surface area contributed by atoms with Crippen LogP contribution in [-0.2, 0) is 22.4 Å². The normalized spacial score (nSPS) is 18.4. The molecule has 0 saturated carbocycles. The summed E-state index contributed by atoms with van der Waals surface area (Å²) in [5.41, 5.74) is 2.64. The van der Waals surface area contributed by atoms with Crippen LogP contribution in [0.5, 0.6) is 0 Å². The molecule has 0 spiro atoms. The van der Waals surface area contributed by atoms with Gasteiger partial charge in [0, 0.05) is 25.7 Å². The summed E-state index contributed by atoms with van der Waals surface area (Å²) in [6.07, 6.45) is 2.17. The maximum absolute atomic E-state index is 13.0. The molecule has 2 aliphatic rings. The molecule has 1 fully saturated rings. The average Bonchev–Trinajstić information content (AvgIpc) is 3.30. The predicted molar refractivity (Wildman–Crippen MR) is 158 cm³/mol. The van der Waals surface area contributed by atoms with Gasteiger partial charge < -0.3 is 9.31 Å². The van der Waals surface area contributed by atoms with Gasteiger partial charge in [-0.2, -0.15) is 0 Å². The number of fused-ring (bicyclic) bond motifs is 1. The van der Waals surface area contributed by atoms with Crippen LogP contribution in [0.4, 0.5) is 0 Å². The fraction of sp³-hybridized carbons (Fsp3) is 0.394. The monoisotopic (exact) mass is 538 g/mol. The van der Waals surface area contributed by atoms with Crippen molar-refractivity contribution in [1.29, 1.82) is 0 Å². The largest absolute Gasteiger partial charge is 0.459 e. The van der Waals surface area contributed by atoms with Gasteiger partial charge in [0.15, 0.2) is 0 Å². The van der Waals surface area contributed by atoms with E-state index in [9.17, 15) is 9.59 Å². The van der Waals surface area contributed by atoms with E-state index < -0.39 is 11.2 Å². The Balaban J connectivity index is 1.36. The van der Waals surface area contributed by atoms with E-state index in [1.165, 1.54) is 16.0 Å². The van der Waals surface area contributed by atoms with E-state index in [0.717, 1.165) is 19.5 Å². The van der Waals surface area contributed by atoms with E-state index >= 15 is 0 Å². The third-order valence-electron chi connectivity index (χ3n) is 8.54. The predicted octanol–water partition coefficient (Wildman–Crippen LogP) is 6.23. The van der Waals surface area contributed by atoms with E-state index in [4.69, 9.17) is 9.31 Å². The highest BCUT2D eigenvalue weighted by Gasteiger charge is 2.51. The van der Waals surface area contributed by atoms with Crippen LogP contribution in [0.1, 0.15) is 72.4 Å². The quantitative estimate of drug-likeness (QED) is 0.214. The smallest absolute Gasteiger partial charge is 0.403 e. The standard InChI is InChI=1S/C33H39BN2O4/c1-32(2)33(3,4)40-34(39-32)22-27(18-13-21-36-30(37)28-19-11-12-20-29(28)31(36)38)35(23-25-14-7-5-8-15-25)24-26-16-9-6-10-17-26/h5-12,14-17,19-20,27H,13,18,21-24H2,1-4H3. The summed E-state index contributed by atoms with van der Waals surface area (Å²) in [5.74, 6) is -0.401. The molecule has 0 radical (unpaired) electrons. The van der Waals surface area contributed by atoms with Gasteiger partial charge in [0.1, 0.15) is 0 Å². The van der Waals surface area contributed by atoms with Crippen molar-refractivity contribution in [2.24, 2.45) is 0 Å². The topological polar surface area (TPSA) is 59.1 Å². The highest BCUT2D eigenvalue weighted by atomic mass is 16.7. The van der Waals surface area contributed by atoms with Crippen molar-refractivity contribution < 1.29 is 18.9 Å². The van der Waals surface area contributed by atoms with E-state index in [2.05, 4.69) is 81.1 Å². The Hall–Kier alpha value is -3.26. The number of nitrogens with zero attached hydrogens (tertiary/aromatic N) is 2. The summed E-state index contributed by atoms with van der Waals surface area (Å²) >= 11 is 0. The molecule has 5 rings (SSSR count).